The fraction of sp³-hybridized carbons (Fsp3) is 0.444. The van der Waals surface area contributed by atoms with E-state index in [-0.39, 0.29) is 18.2 Å². The monoisotopic (exact) mass is 524 g/mol. The van der Waals surface area contributed by atoms with Crippen LogP contribution in [0.2, 0.25) is 5.02 Å². The number of carbonyl (C=O) groups is 2. The second kappa shape index (κ2) is 9.87. The number of tetrazole rings is 1. The number of piperidine rings is 1. The average Bonchev–Trinajstić information content (AvgIpc) is 3.26. The Balaban J connectivity index is 1.41. The number of aromatic nitrogens is 4. The lowest BCUT2D eigenvalue weighted by atomic mass is 9.66. The lowest BCUT2D eigenvalue weighted by Gasteiger charge is -2.51. The summed E-state index contributed by atoms with van der Waals surface area (Å²) in [6.07, 6.45) is 0.531. The standard InChI is InChI=1S/C27H33ClN6O3/c1-18-30-31-32-34(18)22-8-6-7-19(15-22)24(36)29-26(4,5)16-23(35)33-14-13-27(37,25(2,3)17-33)20-9-11-21(28)12-10-20/h6-12,15,37H,13-14,16-17H2,1-5H3,(H,29,36)/t27-/m0/s1. The lowest BCUT2D eigenvalue weighted by Crippen LogP contribution is -2.58. The van der Waals surface area contributed by atoms with Crippen LogP contribution in [0.4, 0.5) is 0 Å². The van der Waals surface area contributed by atoms with Crippen LogP contribution in [-0.4, -0.2) is 60.7 Å². The molecule has 1 atom stereocenters. The molecule has 1 saturated heterocycles. The second-order valence-electron chi connectivity index (χ2n) is 11.0. The van der Waals surface area contributed by atoms with Gasteiger partial charge in [0, 0.05) is 41.1 Å². The highest BCUT2D eigenvalue weighted by atomic mass is 35.5. The Bertz CT molecular complexity index is 1300. The van der Waals surface area contributed by atoms with Crippen molar-refractivity contribution < 1.29 is 14.7 Å². The van der Waals surface area contributed by atoms with E-state index in [1.807, 2.05) is 45.9 Å². The Hall–Kier alpha value is -3.30. The highest BCUT2D eigenvalue weighted by Crippen LogP contribution is 2.46. The molecule has 0 spiro atoms. The van der Waals surface area contributed by atoms with Gasteiger partial charge in [-0.05, 0) is 73.5 Å². The quantitative estimate of drug-likeness (QED) is 0.508. The molecule has 1 aliphatic heterocycles. The molecule has 4 rings (SSSR count). The van der Waals surface area contributed by atoms with E-state index in [4.69, 9.17) is 11.6 Å². The second-order valence-corrected chi connectivity index (χ2v) is 11.5. The smallest absolute Gasteiger partial charge is 0.251 e. The van der Waals surface area contributed by atoms with E-state index in [0.29, 0.717) is 41.6 Å². The molecule has 1 fully saturated rings. The van der Waals surface area contributed by atoms with E-state index in [1.165, 1.54) is 0 Å². The molecule has 0 radical (unpaired) electrons. The summed E-state index contributed by atoms with van der Waals surface area (Å²) in [4.78, 5) is 28.1. The number of likely N-dealkylation sites (tertiary alicyclic amines) is 1. The number of halogens is 1. The van der Waals surface area contributed by atoms with Crippen LogP contribution in [0, 0.1) is 12.3 Å². The fourth-order valence-corrected chi connectivity index (χ4v) is 5.08. The zero-order chi connectivity index (χ0) is 27.0. The van der Waals surface area contributed by atoms with Crippen LogP contribution in [-0.2, 0) is 10.4 Å². The van der Waals surface area contributed by atoms with Gasteiger partial charge < -0.3 is 15.3 Å². The molecule has 2 amide bonds. The summed E-state index contributed by atoms with van der Waals surface area (Å²) < 4.78 is 1.55. The van der Waals surface area contributed by atoms with E-state index in [1.54, 1.807) is 46.8 Å². The summed E-state index contributed by atoms with van der Waals surface area (Å²) in [6.45, 7) is 10.2. The summed E-state index contributed by atoms with van der Waals surface area (Å²) in [5, 5.41) is 26.7. The Morgan fingerprint density at radius 2 is 1.86 bits per heavy atom. The number of nitrogens with zero attached hydrogens (tertiary/aromatic N) is 5. The Morgan fingerprint density at radius 1 is 1.16 bits per heavy atom. The minimum Gasteiger partial charge on any atom is -0.384 e. The van der Waals surface area contributed by atoms with E-state index < -0.39 is 16.6 Å². The number of benzene rings is 2. The molecule has 2 aromatic carbocycles. The van der Waals surface area contributed by atoms with Crippen molar-refractivity contribution in [2.45, 2.75) is 58.6 Å². The van der Waals surface area contributed by atoms with Crippen molar-refractivity contribution >= 4 is 23.4 Å². The van der Waals surface area contributed by atoms with Gasteiger partial charge in [-0.25, -0.2) is 0 Å². The van der Waals surface area contributed by atoms with Gasteiger partial charge in [-0.1, -0.05) is 43.6 Å². The van der Waals surface area contributed by atoms with Gasteiger partial charge in [0.05, 0.1) is 11.3 Å². The maximum atomic E-state index is 13.3. The predicted octanol–water partition coefficient (Wildman–Crippen LogP) is 3.67. The van der Waals surface area contributed by atoms with Crippen molar-refractivity contribution in [3.05, 3.63) is 70.5 Å². The molecular weight excluding hydrogens is 492 g/mol. The van der Waals surface area contributed by atoms with Gasteiger partial charge in [0.2, 0.25) is 5.91 Å². The predicted molar refractivity (Wildman–Crippen MR) is 140 cm³/mol. The first-order valence-corrected chi connectivity index (χ1v) is 12.6. The molecule has 0 saturated carbocycles. The SMILES string of the molecule is Cc1nnnn1-c1cccc(C(=O)NC(C)(C)CC(=O)N2CC[C@](O)(c3ccc(Cl)cc3)C(C)(C)C2)c1. The van der Waals surface area contributed by atoms with Gasteiger partial charge in [-0.2, -0.15) is 4.68 Å². The molecule has 0 aliphatic carbocycles. The number of nitrogens with one attached hydrogen (secondary N) is 1. The number of hydrogen-bond acceptors (Lipinski definition) is 6. The van der Waals surface area contributed by atoms with Crippen LogP contribution in [0.1, 0.15) is 62.3 Å². The lowest BCUT2D eigenvalue weighted by molar-refractivity contribution is -0.154. The molecule has 0 bridgehead atoms. The Kier molecular flexibility index (Phi) is 7.14. The number of carbonyl (C=O) groups excluding carboxylic acids is 2. The maximum absolute atomic E-state index is 13.3. The zero-order valence-corrected chi connectivity index (χ0v) is 22.6. The van der Waals surface area contributed by atoms with Gasteiger partial charge in [-0.15, -0.1) is 5.10 Å². The third-order valence-corrected chi connectivity index (χ3v) is 7.40. The molecule has 1 aromatic heterocycles. The molecule has 196 valence electrons. The molecule has 3 aromatic rings. The van der Waals surface area contributed by atoms with Crippen LogP contribution in [0.25, 0.3) is 5.69 Å². The third kappa shape index (κ3) is 5.52. The van der Waals surface area contributed by atoms with Crippen molar-refractivity contribution in [1.29, 1.82) is 0 Å². The first kappa shape index (κ1) is 26.8. The summed E-state index contributed by atoms with van der Waals surface area (Å²) >= 11 is 6.03. The zero-order valence-electron chi connectivity index (χ0n) is 21.8. The number of aryl methyl sites for hydroxylation is 1. The minimum atomic E-state index is -1.08. The molecule has 0 unspecified atom stereocenters. The number of rotatable bonds is 6. The normalized spacial score (nSPS) is 19.5. The van der Waals surface area contributed by atoms with Crippen molar-refractivity contribution in [1.82, 2.24) is 30.4 Å². The third-order valence-electron chi connectivity index (χ3n) is 7.15. The molecule has 2 heterocycles. The van der Waals surface area contributed by atoms with Gasteiger partial charge in [0.1, 0.15) is 0 Å². The van der Waals surface area contributed by atoms with Crippen LogP contribution in [0.3, 0.4) is 0 Å². The molecule has 1 aliphatic rings. The highest BCUT2D eigenvalue weighted by molar-refractivity contribution is 6.30. The molecule has 37 heavy (non-hydrogen) atoms. The van der Waals surface area contributed by atoms with Crippen LogP contribution in [0.15, 0.2) is 48.5 Å². The van der Waals surface area contributed by atoms with Gasteiger partial charge >= 0.3 is 0 Å². The Labute approximate surface area is 221 Å². The van der Waals surface area contributed by atoms with E-state index >= 15 is 0 Å². The largest absolute Gasteiger partial charge is 0.384 e. The fourth-order valence-electron chi connectivity index (χ4n) is 4.96. The molecule has 10 heteroatoms. The van der Waals surface area contributed by atoms with Crippen molar-refractivity contribution in [2.24, 2.45) is 5.41 Å². The summed E-state index contributed by atoms with van der Waals surface area (Å²) in [5.41, 5.74) is -0.547. The number of amides is 2. The average molecular weight is 525 g/mol. The van der Waals surface area contributed by atoms with Crippen LogP contribution in [0.5, 0.6) is 0 Å². The van der Waals surface area contributed by atoms with Gasteiger partial charge in [-0.3, -0.25) is 9.59 Å². The number of aliphatic hydroxyl groups is 1. The molecule has 9 nitrogen and oxygen atoms in total. The van der Waals surface area contributed by atoms with E-state index in [0.717, 1.165) is 5.56 Å². The van der Waals surface area contributed by atoms with Crippen molar-refractivity contribution in [3.8, 4) is 5.69 Å². The Morgan fingerprint density at radius 3 is 2.49 bits per heavy atom. The first-order chi connectivity index (χ1) is 17.3. The van der Waals surface area contributed by atoms with Crippen LogP contribution < -0.4 is 5.32 Å². The minimum absolute atomic E-state index is 0.0744. The topological polar surface area (TPSA) is 113 Å². The van der Waals surface area contributed by atoms with Crippen molar-refractivity contribution in [2.75, 3.05) is 13.1 Å². The van der Waals surface area contributed by atoms with Gasteiger partial charge in [0.25, 0.3) is 5.91 Å². The molecule has 2 N–H and O–H groups in total. The van der Waals surface area contributed by atoms with Crippen molar-refractivity contribution in [3.63, 3.8) is 0 Å². The first-order valence-electron chi connectivity index (χ1n) is 12.3. The summed E-state index contributed by atoms with van der Waals surface area (Å²) in [7, 11) is 0. The van der Waals surface area contributed by atoms with Crippen LogP contribution >= 0.6 is 11.6 Å². The van der Waals surface area contributed by atoms with E-state index in [9.17, 15) is 14.7 Å². The van der Waals surface area contributed by atoms with E-state index in [2.05, 4.69) is 20.8 Å². The number of hydrogen-bond donors (Lipinski definition) is 2. The maximum Gasteiger partial charge on any atom is 0.251 e. The summed E-state index contributed by atoms with van der Waals surface area (Å²) in [6, 6.07) is 14.2. The molecular formula is C27H33ClN6O3. The summed E-state index contributed by atoms with van der Waals surface area (Å²) in [5.74, 6) is 0.243. The highest BCUT2D eigenvalue weighted by Gasteiger charge is 2.49. The van der Waals surface area contributed by atoms with Gasteiger partial charge in [0.15, 0.2) is 5.82 Å².